The van der Waals surface area contributed by atoms with Crippen molar-refractivity contribution in [2.24, 2.45) is 0 Å². The van der Waals surface area contributed by atoms with Gasteiger partial charge < -0.3 is 4.98 Å². The van der Waals surface area contributed by atoms with Gasteiger partial charge in [-0.25, -0.2) is 4.98 Å². The topological polar surface area (TPSA) is 49.0 Å². The number of nitrogens with one attached hydrogen (secondary N) is 1. The second-order valence-corrected chi connectivity index (χ2v) is 7.84. The first-order valence-corrected chi connectivity index (χ1v) is 9.27. The van der Waals surface area contributed by atoms with Crippen LogP contribution in [0.3, 0.4) is 0 Å². The highest BCUT2D eigenvalue weighted by Gasteiger charge is 2.22. The van der Waals surface area contributed by atoms with Gasteiger partial charge in [0, 0.05) is 10.9 Å². The first-order chi connectivity index (χ1) is 10.7. The number of aryl methyl sites for hydroxylation is 2. The van der Waals surface area contributed by atoms with E-state index in [1.54, 1.807) is 11.3 Å². The van der Waals surface area contributed by atoms with Crippen molar-refractivity contribution in [3.8, 4) is 0 Å². The quantitative estimate of drug-likeness (QED) is 0.945. The fraction of sp³-hybridized carbons (Fsp3) is 0.647. The number of rotatable bonds is 3. The molecule has 0 amide bonds. The van der Waals surface area contributed by atoms with Gasteiger partial charge in [0.2, 0.25) is 0 Å². The molecule has 1 fully saturated rings. The molecule has 0 aliphatic heterocycles. The van der Waals surface area contributed by atoms with Gasteiger partial charge in [-0.05, 0) is 44.7 Å². The molecule has 0 unspecified atom stereocenters. The third-order valence-corrected chi connectivity index (χ3v) is 6.41. The molecular weight excluding hydrogens is 294 g/mol. The van der Waals surface area contributed by atoms with Gasteiger partial charge in [-0.1, -0.05) is 19.3 Å². The summed E-state index contributed by atoms with van der Waals surface area (Å²) in [5.41, 5.74) is 1.33. The molecule has 0 aromatic carbocycles. The summed E-state index contributed by atoms with van der Waals surface area (Å²) in [6, 6.07) is 0.642. The number of aromatic amines is 1. The molecule has 0 atom stereocenters. The number of hydrogen-bond acceptors (Lipinski definition) is 4. The molecule has 0 spiro atoms. The zero-order chi connectivity index (χ0) is 15.1. The third-order valence-electron chi connectivity index (χ3n) is 5.22. The Hall–Kier alpha value is -1.20. The van der Waals surface area contributed by atoms with E-state index >= 15 is 0 Å². The molecule has 0 saturated heterocycles. The van der Waals surface area contributed by atoms with E-state index in [-0.39, 0.29) is 5.56 Å². The highest BCUT2D eigenvalue weighted by Crippen LogP contribution is 2.34. The fourth-order valence-electron chi connectivity index (χ4n) is 4.01. The van der Waals surface area contributed by atoms with E-state index in [4.69, 9.17) is 4.98 Å². The maximum absolute atomic E-state index is 12.5. The molecule has 22 heavy (non-hydrogen) atoms. The van der Waals surface area contributed by atoms with E-state index in [0.717, 1.165) is 35.4 Å². The van der Waals surface area contributed by atoms with E-state index in [0.29, 0.717) is 6.04 Å². The second-order valence-electron chi connectivity index (χ2n) is 6.76. The number of aromatic nitrogens is 2. The molecule has 118 valence electrons. The number of hydrogen-bond donors (Lipinski definition) is 1. The lowest BCUT2D eigenvalue weighted by Crippen LogP contribution is -2.34. The Labute approximate surface area is 134 Å². The molecule has 2 heterocycles. The third kappa shape index (κ3) is 2.50. The fourth-order valence-corrected chi connectivity index (χ4v) is 5.29. The standard InChI is InChI=1S/C17H23N3OS/c1-20(11-6-3-2-4-7-11)10-14-18-16(21)15-12-8-5-9-13(12)22-17(15)19-14/h11H,2-10H2,1H3,(H,18,19,21). The zero-order valence-corrected chi connectivity index (χ0v) is 14.0. The summed E-state index contributed by atoms with van der Waals surface area (Å²) in [6.45, 7) is 0.748. The Bertz CT molecular complexity index is 742. The van der Waals surface area contributed by atoms with Crippen LogP contribution in [0.25, 0.3) is 10.2 Å². The Morgan fingerprint density at radius 3 is 2.86 bits per heavy atom. The predicted molar refractivity (Wildman–Crippen MR) is 90.6 cm³/mol. The minimum absolute atomic E-state index is 0.0662. The molecule has 4 nitrogen and oxygen atoms in total. The number of H-pyrrole nitrogens is 1. The van der Waals surface area contributed by atoms with Crippen LogP contribution in [0.1, 0.15) is 54.8 Å². The highest BCUT2D eigenvalue weighted by atomic mass is 32.1. The van der Waals surface area contributed by atoms with Crippen LogP contribution in [0.4, 0.5) is 0 Å². The molecule has 5 heteroatoms. The van der Waals surface area contributed by atoms with Gasteiger partial charge >= 0.3 is 0 Å². The summed E-state index contributed by atoms with van der Waals surface area (Å²) in [4.78, 5) is 25.0. The Morgan fingerprint density at radius 1 is 1.23 bits per heavy atom. The van der Waals surface area contributed by atoms with Crippen LogP contribution >= 0.6 is 11.3 Å². The van der Waals surface area contributed by atoms with Crippen LogP contribution in [0.5, 0.6) is 0 Å². The van der Waals surface area contributed by atoms with Crippen molar-refractivity contribution in [1.29, 1.82) is 0 Å². The maximum atomic E-state index is 12.5. The lowest BCUT2D eigenvalue weighted by Gasteiger charge is -2.30. The molecule has 4 rings (SSSR count). The first-order valence-electron chi connectivity index (χ1n) is 8.46. The van der Waals surface area contributed by atoms with E-state index in [9.17, 15) is 4.79 Å². The molecule has 2 aliphatic carbocycles. The van der Waals surface area contributed by atoms with Gasteiger partial charge in [-0.15, -0.1) is 11.3 Å². The van der Waals surface area contributed by atoms with E-state index in [2.05, 4.69) is 16.9 Å². The molecule has 0 radical (unpaired) electrons. The summed E-state index contributed by atoms with van der Waals surface area (Å²) in [5.74, 6) is 0.825. The van der Waals surface area contributed by atoms with Crippen LogP contribution in [0.15, 0.2) is 4.79 Å². The molecule has 1 saturated carbocycles. The molecule has 2 aromatic rings. The Kier molecular flexibility index (Phi) is 3.78. The van der Waals surface area contributed by atoms with Gasteiger partial charge in [-0.3, -0.25) is 9.69 Å². The normalized spacial score (nSPS) is 19.2. The van der Waals surface area contributed by atoms with Crippen LogP contribution < -0.4 is 5.56 Å². The van der Waals surface area contributed by atoms with E-state index in [1.165, 1.54) is 49.0 Å². The lowest BCUT2D eigenvalue weighted by atomic mass is 9.94. The van der Waals surface area contributed by atoms with Gasteiger partial charge in [0.15, 0.2) is 0 Å². The van der Waals surface area contributed by atoms with Crippen molar-refractivity contribution >= 4 is 21.6 Å². The summed E-state index contributed by atoms with van der Waals surface area (Å²) in [7, 11) is 2.16. The van der Waals surface area contributed by atoms with Crippen LogP contribution in [-0.2, 0) is 19.4 Å². The average Bonchev–Trinajstić information content (AvgIpc) is 3.08. The number of nitrogens with zero attached hydrogens (tertiary/aromatic N) is 2. The minimum atomic E-state index is 0.0662. The highest BCUT2D eigenvalue weighted by molar-refractivity contribution is 7.18. The van der Waals surface area contributed by atoms with Gasteiger partial charge in [0.25, 0.3) is 5.56 Å². The van der Waals surface area contributed by atoms with Crippen molar-refractivity contribution in [2.75, 3.05) is 7.05 Å². The van der Waals surface area contributed by atoms with Crippen LogP contribution in [-0.4, -0.2) is 28.0 Å². The van der Waals surface area contributed by atoms with Crippen molar-refractivity contribution in [3.05, 3.63) is 26.6 Å². The molecule has 0 bridgehead atoms. The second kappa shape index (κ2) is 5.78. The van der Waals surface area contributed by atoms with Crippen molar-refractivity contribution < 1.29 is 0 Å². The van der Waals surface area contributed by atoms with Gasteiger partial charge in [-0.2, -0.15) is 0 Å². The average molecular weight is 317 g/mol. The zero-order valence-electron chi connectivity index (χ0n) is 13.2. The summed E-state index contributed by atoms with van der Waals surface area (Å²) in [6.07, 6.45) is 9.92. The first kappa shape index (κ1) is 14.4. The summed E-state index contributed by atoms with van der Waals surface area (Å²) < 4.78 is 0. The van der Waals surface area contributed by atoms with Crippen molar-refractivity contribution in [2.45, 2.75) is 64.0 Å². The van der Waals surface area contributed by atoms with Gasteiger partial charge in [0.05, 0.1) is 11.9 Å². The Morgan fingerprint density at radius 2 is 2.05 bits per heavy atom. The van der Waals surface area contributed by atoms with Crippen molar-refractivity contribution in [3.63, 3.8) is 0 Å². The van der Waals surface area contributed by atoms with Crippen molar-refractivity contribution in [1.82, 2.24) is 14.9 Å². The molecular formula is C17H23N3OS. The number of thiophene rings is 1. The largest absolute Gasteiger partial charge is 0.309 e. The van der Waals surface area contributed by atoms with E-state index in [1.807, 2.05) is 0 Å². The maximum Gasteiger partial charge on any atom is 0.259 e. The predicted octanol–water partition coefficient (Wildman–Crippen LogP) is 3.24. The van der Waals surface area contributed by atoms with E-state index < -0.39 is 0 Å². The lowest BCUT2D eigenvalue weighted by molar-refractivity contribution is 0.181. The number of fused-ring (bicyclic) bond motifs is 3. The minimum Gasteiger partial charge on any atom is -0.309 e. The molecule has 2 aromatic heterocycles. The van der Waals surface area contributed by atoms with Crippen LogP contribution in [0, 0.1) is 0 Å². The smallest absolute Gasteiger partial charge is 0.259 e. The monoisotopic (exact) mass is 317 g/mol. The van der Waals surface area contributed by atoms with Gasteiger partial charge in [0.1, 0.15) is 10.7 Å². The Balaban J connectivity index is 1.61. The summed E-state index contributed by atoms with van der Waals surface area (Å²) in [5, 5.41) is 0.863. The summed E-state index contributed by atoms with van der Waals surface area (Å²) >= 11 is 1.73. The molecule has 1 N–H and O–H groups in total. The SMILES string of the molecule is CN(Cc1nc2sc3c(c2c(=O)[nH]1)CCC3)C1CCCCC1. The molecule has 2 aliphatic rings. The van der Waals surface area contributed by atoms with Crippen LogP contribution in [0.2, 0.25) is 0 Å².